The fourth-order valence-electron chi connectivity index (χ4n) is 2.37. The molecule has 3 rings (SSSR count). The Morgan fingerprint density at radius 1 is 1.08 bits per heavy atom. The molecule has 124 valence electrons. The number of aromatic nitrogens is 3. The molecule has 0 aliphatic carbocycles. The topological polar surface area (TPSA) is 86.0 Å². The van der Waals surface area contributed by atoms with Crippen molar-refractivity contribution < 1.29 is 13.9 Å². The van der Waals surface area contributed by atoms with Gasteiger partial charge in [0.2, 0.25) is 0 Å². The van der Waals surface area contributed by atoms with Crippen LogP contribution in [0.15, 0.2) is 42.5 Å². The first-order chi connectivity index (χ1) is 11.6. The number of H-pyrrole nitrogens is 1. The van der Waals surface area contributed by atoms with Gasteiger partial charge in [0.15, 0.2) is 17.3 Å². The maximum absolute atomic E-state index is 13.3. The summed E-state index contributed by atoms with van der Waals surface area (Å²) in [4.78, 5) is 4.37. The number of ether oxygens (including phenoxy) is 2. The van der Waals surface area contributed by atoms with Crippen molar-refractivity contribution in [1.29, 1.82) is 0 Å². The molecule has 0 spiro atoms. The Labute approximate surface area is 138 Å². The normalized spacial score (nSPS) is 12.0. The van der Waals surface area contributed by atoms with E-state index in [0.717, 1.165) is 5.56 Å². The van der Waals surface area contributed by atoms with Crippen LogP contribution in [0.2, 0.25) is 0 Å². The summed E-state index contributed by atoms with van der Waals surface area (Å²) in [6.07, 6.45) is 0. The van der Waals surface area contributed by atoms with Crippen LogP contribution in [0.5, 0.6) is 11.5 Å². The zero-order chi connectivity index (χ0) is 17.1. The minimum Gasteiger partial charge on any atom is -0.493 e. The Bertz CT molecular complexity index is 850. The molecule has 6 nitrogen and oxygen atoms in total. The third-order valence-corrected chi connectivity index (χ3v) is 3.65. The standard InChI is InChI=1S/C17H17FN4O2/c1-23-13-7-6-10(9-14(13)24-2)15(19)17-20-16(21-22-17)11-4-3-5-12(18)8-11/h3-9,15H,19H2,1-2H3,(H,20,21,22)/t15-/m1/s1. The maximum Gasteiger partial charge on any atom is 0.181 e. The van der Waals surface area contributed by atoms with Crippen LogP contribution in [0.4, 0.5) is 4.39 Å². The van der Waals surface area contributed by atoms with Crippen LogP contribution < -0.4 is 15.2 Å². The third-order valence-electron chi connectivity index (χ3n) is 3.65. The number of nitrogens with zero attached hydrogens (tertiary/aromatic N) is 2. The largest absolute Gasteiger partial charge is 0.493 e. The van der Waals surface area contributed by atoms with Gasteiger partial charge in [-0.3, -0.25) is 5.10 Å². The van der Waals surface area contributed by atoms with E-state index in [1.165, 1.54) is 12.1 Å². The number of nitrogens with two attached hydrogens (primary N) is 1. The number of halogens is 1. The fourth-order valence-corrected chi connectivity index (χ4v) is 2.37. The number of hydrogen-bond acceptors (Lipinski definition) is 5. The summed E-state index contributed by atoms with van der Waals surface area (Å²) in [5.74, 6) is 1.71. The Morgan fingerprint density at radius 2 is 1.88 bits per heavy atom. The summed E-state index contributed by atoms with van der Waals surface area (Å²) in [6.45, 7) is 0. The van der Waals surface area contributed by atoms with E-state index in [2.05, 4.69) is 15.2 Å². The number of aromatic amines is 1. The number of rotatable bonds is 5. The summed E-state index contributed by atoms with van der Waals surface area (Å²) in [5, 5.41) is 6.92. The molecule has 0 fully saturated rings. The fraction of sp³-hybridized carbons (Fsp3) is 0.176. The predicted molar refractivity (Wildman–Crippen MR) is 87.4 cm³/mol. The first-order valence-corrected chi connectivity index (χ1v) is 7.28. The van der Waals surface area contributed by atoms with Gasteiger partial charge in [-0.05, 0) is 29.8 Å². The molecule has 0 radical (unpaired) electrons. The van der Waals surface area contributed by atoms with E-state index >= 15 is 0 Å². The number of methoxy groups -OCH3 is 2. The van der Waals surface area contributed by atoms with Gasteiger partial charge in [-0.1, -0.05) is 18.2 Å². The minimum atomic E-state index is -0.528. The Kier molecular flexibility index (Phi) is 4.43. The molecule has 1 aromatic heterocycles. The van der Waals surface area contributed by atoms with Crippen molar-refractivity contribution >= 4 is 0 Å². The van der Waals surface area contributed by atoms with E-state index in [4.69, 9.17) is 15.2 Å². The van der Waals surface area contributed by atoms with Gasteiger partial charge in [0.05, 0.1) is 20.3 Å². The van der Waals surface area contributed by atoms with Crippen molar-refractivity contribution in [3.63, 3.8) is 0 Å². The highest BCUT2D eigenvalue weighted by atomic mass is 19.1. The predicted octanol–water partition coefficient (Wildman–Crippen LogP) is 2.68. The molecule has 0 amide bonds. The lowest BCUT2D eigenvalue weighted by Crippen LogP contribution is -2.14. The molecule has 1 atom stereocenters. The van der Waals surface area contributed by atoms with Gasteiger partial charge in [0.1, 0.15) is 11.6 Å². The van der Waals surface area contributed by atoms with Crippen molar-refractivity contribution in [3.05, 3.63) is 59.7 Å². The molecule has 3 N–H and O–H groups in total. The zero-order valence-corrected chi connectivity index (χ0v) is 13.3. The van der Waals surface area contributed by atoms with E-state index in [1.807, 2.05) is 6.07 Å². The van der Waals surface area contributed by atoms with Gasteiger partial charge in [0, 0.05) is 5.56 Å². The van der Waals surface area contributed by atoms with Crippen molar-refractivity contribution in [1.82, 2.24) is 15.2 Å². The molecular formula is C17H17FN4O2. The van der Waals surface area contributed by atoms with Crippen molar-refractivity contribution in [2.24, 2.45) is 5.73 Å². The van der Waals surface area contributed by atoms with Crippen molar-refractivity contribution in [2.75, 3.05) is 14.2 Å². The van der Waals surface area contributed by atoms with Crippen molar-refractivity contribution in [3.8, 4) is 22.9 Å². The smallest absolute Gasteiger partial charge is 0.181 e. The number of hydrogen-bond donors (Lipinski definition) is 2. The third kappa shape index (κ3) is 3.07. The van der Waals surface area contributed by atoms with Crippen LogP contribution in [0.1, 0.15) is 17.4 Å². The molecule has 2 aromatic carbocycles. The van der Waals surface area contributed by atoms with Gasteiger partial charge < -0.3 is 15.2 Å². The highest BCUT2D eigenvalue weighted by Crippen LogP contribution is 2.31. The van der Waals surface area contributed by atoms with Gasteiger partial charge in [-0.15, -0.1) is 0 Å². The average molecular weight is 328 g/mol. The van der Waals surface area contributed by atoms with Crippen LogP contribution >= 0.6 is 0 Å². The van der Waals surface area contributed by atoms with E-state index in [1.54, 1.807) is 38.5 Å². The first kappa shape index (κ1) is 15.9. The highest BCUT2D eigenvalue weighted by Gasteiger charge is 2.17. The van der Waals surface area contributed by atoms with E-state index in [-0.39, 0.29) is 5.82 Å². The van der Waals surface area contributed by atoms with Crippen LogP contribution in [-0.2, 0) is 0 Å². The first-order valence-electron chi connectivity index (χ1n) is 7.28. The average Bonchev–Trinajstić information content (AvgIpc) is 3.10. The van der Waals surface area contributed by atoms with Crippen LogP contribution in [0, 0.1) is 5.82 Å². The summed E-state index contributed by atoms with van der Waals surface area (Å²) in [7, 11) is 3.13. The zero-order valence-electron chi connectivity index (χ0n) is 13.3. The van der Waals surface area contributed by atoms with E-state index in [9.17, 15) is 4.39 Å². The summed E-state index contributed by atoms with van der Waals surface area (Å²) in [5.41, 5.74) is 7.62. The SMILES string of the molecule is COc1ccc([C@@H](N)c2nc(-c3cccc(F)c3)n[nH]2)cc1OC. The number of benzene rings is 2. The summed E-state index contributed by atoms with van der Waals surface area (Å²) >= 11 is 0. The minimum absolute atomic E-state index is 0.344. The summed E-state index contributed by atoms with van der Waals surface area (Å²) < 4.78 is 23.8. The molecule has 7 heteroatoms. The van der Waals surface area contributed by atoms with Crippen LogP contribution in [0.3, 0.4) is 0 Å². The van der Waals surface area contributed by atoms with Crippen molar-refractivity contribution in [2.45, 2.75) is 6.04 Å². The maximum atomic E-state index is 13.3. The molecule has 0 aliphatic heterocycles. The lowest BCUT2D eigenvalue weighted by Gasteiger charge is -2.13. The highest BCUT2D eigenvalue weighted by molar-refractivity contribution is 5.54. The lowest BCUT2D eigenvalue weighted by molar-refractivity contribution is 0.354. The molecule has 0 bridgehead atoms. The Morgan fingerprint density at radius 3 is 2.58 bits per heavy atom. The number of nitrogens with one attached hydrogen (secondary N) is 1. The lowest BCUT2D eigenvalue weighted by atomic mass is 10.1. The monoisotopic (exact) mass is 328 g/mol. The quantitative estimate of drug-likeness (QED) is 0.752. The Balaban J connectivity index is 1.90. The van der Waals surface area contributed by atoms with Gasteiger partial charge in [-0.2, -0.15) is 5.10 Å². The van der Waals surface area contributed by atoms with Gasteiger partial charge >= 0.3 is 0 Å². The second-order valence-electron chi connectivity index (χ2n) is 5.15. The molecular weight excluding hydrogens is 311 g/mol. The molecule has 24 heavy (non-hydrogen) atoms. The molecule has 1 heterocycles. The second-order valence-corrected chi connectivity index (χ2v) is 5.15. The molecule has 0 aliphatic rings. The molecule has 0 unspecified atom stereocenters. The second kappa shape index (κ2) is 6.67. The molecule has 0 saturated heterocycles. The van der Waals surface area contributed by atoms with E-state index in [0.29, 0.717) is 28.7 Å². The molecule has 0 saturated carbocycles. The van der Waals surface area contributed by atoms with E-state index < -0.39 is 6.04 Å². The van der Waals surface area contributed by atoms with Crippen LogP contribution in [0.25, 0.3) is 11.4 Å². The van der Waals surface area contributed by atoms with Gasteiger partial charge in [-0.25, -0.2) is 9.37 Å². The van der Waals surface area contributed by atoms with Crippen LogP contribution in [-0.4, -0.2) is 29.4 Å². The molecule has 3 aromatic rings. The summed E-state index contributed by atoms with van der Waals surface area (Å²) in [6, 6.07) is 10.9. The Hall–Kier alpha value is -2.93. The van der Waals surface area contributed by atoms with Gasteiger partial charge in [0.25, 0.3) is 0 Å².